The second-order valence-corrected chi connectivity index (χ2v) is 9.29. The lowest BCUT2D eigenvalue weighted by molar-refractivity contribution is -0.122. The first-order chi connectivity index (χ1) is 14.4. The van der Waals surface area contributed by atoms with Crippen LogP contribution in [0.2, 0.25) is 10.0 Å². The molecule has 3 aliphatic rings. The highest BCUT2D eigenvalue weighted by atomic mass is 79.9. The van der Waals surface area contributed by atoms with E-state index in [9.17, 15) is 9.59 Å². The monoisotopic (exact) mass is 507 g/mol. The minimum atomic E-state index is -0.333. The number of benzene rings is 2. The first-order valence-corrected chi connectivity index (χ1v) is 11.1. The topological polar surface area (TPSA) is 64.6 Å². The van der Waals surface area contributed by atoms with Crippen molar-refractivity contribution in [3.05, 3.63) is 67.2 Å². The number of nitrogens with one attached hydrogen (secondary N) is 1. The molecule has 0 saturated carbocycles. The van der Waals surface area contributed by atoms with Crippen LogP contribution >= 0.6 is 39.1 Å². The van der Waals surface area contributed by atoms with Crippen molar-refractivity contribution < 1.29 is 19.1 Å². The van der Waals surface area contributed by atoms with Crippen LogP contribution in [0.3, 0.4) is 0 Å². The van der Waals surface area contributed by atoms with Gasteiger partial charge in [-0.05, 0) is 47.7 Å². The Morgan fingerprint density at radius 3 is 2.50 bits per heavy atom. The zero-order valence-corrected chi connectivity index (χ0v) is 18.7. The lowest BCUT2D eigenvalue weighted by atomic mass is 9.73. The molecule has 2 atom stereocenters. The molecule has 1 N–H and O–H groups in total. The van der Waals surface area contributed by atoms with Crippen molar-refractivity contribution in [1.82, 2.24) is 5.32 Å². The van der Waals surface area contributed by atoms with E-state index >= 15 is 0 Å². The summed E-state index contributed by atoms with van der Waals surface area (Å²) in [7, 11) is 0. The van der Waals surface area contributed by atoms with Crippen LogP contribution in [0, 0.1) is 0 Å². The van der Waals surface area contributed by atoms with Crippen LogP contribution in [-0.4, -0.2) is 18.5 Å². The van der Waals surface area contributed by atoms with Crippen molar-refractivity contribution in [2.45, 2.75) is 31.1 Å². The molecule has 2 unspecified atom stereocenters. The van der Waals surface area contributed by atoms with E-state index in [1.807, 2.05) is 18.2 Å². The molecular weight excluding hydrogens is 493 g/mol. The van der Waals surface area contributed by atoms with E-state index in [0.29, 0.717) is 45.7 Å². The summed E-state index contributed by atoms with van der Waals surface area (Å²) in [4.78, 5) is 25.8. The van der Waals surface area contributed by atoms with Crippen LogP contribution in [0.1, 0.15) is 42.2 Å². The van der Waals surface area contributed by atoms with Crippen molar-refractivity contribution in [2.24, 2.45) is 0 Å². The number of ketones is 1. The van der Waals surface area contributed by atoms with Crippen LogP contribution in [0.15, 0.2) is 46.1 Å². The van der Waals surface area contributed by atoms with Gasteiger partial charge in [-0.25, -0.2) is 0 Å². The smallest absolute Gasteiger partial charge is 0.231 e. The summed E-state index contributed by atoms with van der Waals surface area (Å²) < 4.78 is 11.7. The van der Waals surface area contributed by atoms with E-state index in [1.54, 1.807) is 12.1 Å². The van der Waals surface area contributed by atoms with Crippen LogP contribution in [-0.2, 0) is 9.59 Å². The normalized spacial score (nSPS) is 22.8. The molecule has 1 amide bonds. The first kappa shape index (κ1) is 19.9. The number of Topliss-reactive ketones (excluding diaryl/α,β-unsaturated/α-hetero) is 1. The molecule has 154 valence electrons. The Kier molecular flexibility index (Phi) is 5.04. The number of amides is 1. The SMILES string of the molecule is O=C1CC(c2cc3c(cc2Br)OCO3)C2=C(CC(c3ccc(Cl)c(Cl)c3)CC2=O)N1. The van der Waals surface area contributed by atoms with Crippen LogP contribution in [0.4, 0.5) is 0 Å². The number of rotatable bonds is 2. The van der Waals surface area contributed by atoms with Gasteiger partial charge < -0.3 is 14.8 Å². The molecular formula is C22H16BrCl2NO4. The average Bonchev–Trinajstić information content (AvgIpc) is 3.15. The molecule has 30 heavy (non-hydrogen) atoms. The van der Waals surface area contributed by atoms with Gasteiger partial charge in [-0.15, -0.1) is 0 Å². The van der Waals surface area contributed by atoms with Crippen molar-refractivity contribution in [3.8, 4) is 11.5 Å². The molecule has 0 radical (unpaired) electrons. The Bertz CT molecular complexity index is 1130. The number of halogens is 3. The molecule has 0 saturated heterocycles. The summed E-state index contributed by atoms with van der Waals surface area (Å²) in [5.74, 6) is 0.797. The minimum absolute atomic E-state index is 0.0295. The lowest BCUT2D eigenvalue weighted by Gasteiger charge is -2.35. The molecule has 0 bridgehead atoms. The Morgan fingerprint density at radius 2 is 1.73 bits per heavy atom. The second kappa shape index (κ2) is 7.59. The molecule has 0 fully saturated rings. The maximum atomic E-state index is 13.3. The summed E-state index contributed by atoms with van der Waals surface area (Å²) in [6.45, 7) is 0.161. The van der Waals surface area contributed by atoms with Crippen LogP contribution in [0.5, 0.6) is 11.5 Å². The quantitative estimate of drug-likeness (QED) is 0.582. The molecule has 0 aromatic heterocycles. The van der Waals surface area contributed by atoms with Gasteiger partial charge in [-0.2, -0.15) is 0 Å². The summed E-state index contributed by atoms with van der Waals surface area (Å²) >= 11 is 15.8. The number of hydrogen-bond acceptors (Lipinski definition) is 4. The fourth-order valence-electron chi connectivity index (χ4n) is 4.43. The van der Waals surface area contributed by atoms with Gasteiger partial charge in [0.05, 0.1) is 10.0 Å². The largest absolute Gasteiger partial charge is 0.454 e. The average molecular weight is 509 g/mol. The van der Waals surface area contributed by atoms with E-state index in [4.69, 9.17) is 32.7 Å². The predicted molar refractivity (Wildman–Crippen MR) is 116 cm³/mol. The standard InChI is InChI=1S/C22H16BrCl2NO4/c23-14-8-20-19(29-9-30-20)6-12(14)13-7-21(28)26-17-4-11(5-18(27)22(13)17)10-1-2-15(24)16(25)3-10/h1-3,6,8,11,13H,4-5,7,9H2,(H,26,28). The Hall–Kier alpha value is -2.02. The zero-order chi connectivity index (χ0) is 21.0. The number of fused-ring (bicyclic) bond motifs is 1. The van der Waals surface area contributed by atoms with Crippen molar-refractivity contribution in [2.75, 3.05) is 6.79 Å². The maximum Gasteiger partial charge on any atom is 0.231 e. The zero-order valence-electron chi connectivity index (χ0n) is 15.6. The molecule has 5 nitrogen and oxygen atoms in total. The van der Waals surface area contributed by atoms with Gasteiger partial charge in [0.1, 0.15) is 0 Å². The fraction of sp³-hybridized carbons (Fsp3) is 0.273. The summed E-state index contributed by atoms with van der Waals surface area (Å²) in [6.07, 6.45) is 1.12. The number of carbonyl (C=O) groups is 2. The molecule has 2 aromatic carbocycles. The summed E-state index contributed by atoms with van der Waals surface area (Å²) in [5, 5.41) is 3.86. The van der Waals surface area contributed by atoms with Gasteiger partial charge >= 0.3 is 0 Å². The molecule has 5 rings (SSSR count). The van der Waals surface area contributed by atoms with Gasteiger partial charge in [-0.1, -0.05) is 45.2 Å². The lowest BCUT2D eigenvalue weighted by Crippen LogP contribution is -2.38. The van der Waals surface area contributed by atoms with Crippen molar-refractivity contribution in [3.63, 3.8) is 0 Å². The summed E-state index contributed by atoms with van der Waals surface area (Å²) in [6, 6.07) is 9.10. The van der Waals surface area contributed by atoms with E-state index in [0.717, 1.165) is 15.6 Å². The van der Waals surface area contributed by atoms with Gasteiger partial charge in [-0.3, -0.25) is 9.59 Å². The molecule has 1 aliphatic carbocycles. The van der Waals surface area contributed by atoms with Gasteiger partial charge in [0, 0.05) is 34.5 Å². The van der Waals surface area contributed by atoms with E-state index in [-0.39, 0.29) is 36.7 Å². The first-order valence-electron chi connectivity index (χ1n) is 9.50. The van der Waals surface area contributed by atoms with E-state index in [2.05, 4.69) is 21.2 Å². The highest BCUT2D eigenvalue weighted by Crippen LogP contribution is 2.47. The third kappa shape index (κ3) is 3.41. The maximum absolute atomic E-state index is 13.3. The number of allylic oxidation sites excluding steroid dienone is 2. The minimum Gasteiger partial charge on any atom is -0.454 e. The van der Waals surface area contributed by atoms with Crippen LogP contribution < -0.4 is 14.8 Å². The predicted octanol–water partition coefficient (Wildman–Crippen LogP) is 5.49. The third-order valence-electron chi connectivity index (χ3n) is 5.82. The Labute approximate surface area is 191 Å². The van der Waals surface area contributed by atoms with E-state index < -0.39 is 0 Å². The number of ether oxygens (including phenoxy) is 2. The second-order valence-electron chi connectivity index (χ2n) is 7.63. The molecule has 2 aliphatic heterocycles. The van der Waals surface area contributed by atoms with Gasteiger partial charge in [0.25, 0.3) is 0 Å². The molecule has 0 spiro atoms. The molecule has 8 heteroatoms. The third-order valence-corrected chi connectivity index (χ3v) is 7.24. The Balaban J connectivity index is 1.54. The van der Waals surface area contributed by atoms with Crippen molar-refractivity contribution in [1.29, 1.82) is 0 Å². The fourth-order valence-corrected chi connectivity index (χ4v) is 5.33. The van der Waals surface area contributed by atoms with Gasteiger partial charge in [0.15, 0.2) is 17.3 Å². The highest BCUT2D eigenvalue weighted by Gasteiger charge is 2.39. The molecule has 2 aromatic rings. The summed E-state index contributed by atoms with van der Waals surface area (Å²) in [5.41, 5.74) is 3.14. The van der Waals surface area contributed by atoms with Gasteiger partial charge in [0.2, 0.25) is 12.7 Å². The molecule has 2 heterocycles. The number of hydrogen-bond donors (Lipinski definition) is 1. The van der Waals surface area contributed by atoms with Crippen LogP contribution in [0.25, 0.3) is 0 Å². The Morgan fingerprint density at radius 1 is 0.967 bits per heavy atom. The number of carbonyl (C=O) groups excluding carboxylic acids is 2. The van der Waals surface area contributed by atoms with E-state index in [1.165, 1.54) is 0 Å². The van der Waals surface area contributed by atoms with Crippen molar-refractivity contribution >= 4 is 50.8 Å². The highest BCUT2D eigenvalue weighted by molar-refractivity contribution is 9.10.